The number of benzene rings is 1. The second-order valence-corrected chi connectivity index (χ2v) is 6.53. The first-order valence-electron chi connectivity index (χ1n) is 6.78. The third kappa shape index (κ3) is 2.66. The van der Waals surface area contributed by atoms with Crippen molar-refractivity contribution in [2.45, 2.75) is 37.6 Å². The van der Waals surface area contributed by atoms with Gasteiger partial charge in [-0.15, -0.1) is 0 Å². The van der Waals surface area contributed by atoms with Gasteiger partial charge in [0.1, 0.15) is 24.1 Å². The first kappa shape index (κ1) is 16.2. The Kier molecular flexibility index (Phi) is 4.46. The Balaban J connectivity index is 1.94. The van der Waals surface area contributed by atoms with Crippen LogP contribution in [0, 0.1) is 0 Å². The molecular weight excluding hydrogens is 378 g/mol. The number of aliphatic hydroxyl groups excluding tert-OH is 3. The Morgan fingerprint density at radius 3 is 2.73 bits per heavy atom. The van der Waals surface area contributed by atoms with Gasteiger partial charge in [-0.2, -0.15) is 0 Å². The van der Waals surface area contributed by atoms with E-state index in [4.69, 9.17) is 21.1 Å². The van der Waals surface area contributed by atoms with Gasteiger partial charge in [0.05, 0.1) is 28.2 Å². The number of hydrogen-bond acceptors (Lipinski definition) is 6. The van der Waals surface area contributed by atoms with Gasteiger partial charge in [-0.1, -0.05) is 11.6 Å². The first-order chi connectivity index (χ1) is 10.4. The van der Waals surface area contributed by atoms with E-state index < -0.39 is 30.7 Å². The van der Waals surface area contributed by atoms with Gasteiger partial charge in [-0.3, -0.25) is 4.99 Å². The van der Waals surface area contributed by atoms with Crippen LogP contribution in [0.25, 0.3) is 5.76 Å². The molecule has 0 saturated carbocycles. The van der Waals surface area contributed by atoms with Crippen molar-refractivity contribution in [1.29, 1.82) is 0 Å². The Morgan fingerprint density at radius 2 is 2.00 bits per heavy atom. The molecule has 0 spiro atoms. The van der Waals surface area contributed by atoms with Gasteiger partial charge in [0.2, 0.25) is 6.29 Å². The summed E-state index contributed by atoms with van der Waals surface area (Å²) in [4.78, 5) is 4.31. The van der Waals surface area contributed by atoms with E-state index in [2.05, 4.69) is 20.9 Å². The van der Waals surface area contributed by atoms with E-state index in [0.29, 0.717) is 25.8 Å². The highest BCUT2D eigenvalue weighted by Gasteiger charge is 2.43. The average Bonchev–Trinajstić information content (AvgIpc) is 2.90. The molecule has 0 aromatic heterocycles. The van der Waals surface area contributed by atoms with Gasteiger partial charge in [0, 0.05) is 4.47 Å². The highest BCUT2D eigenvalue weighted by atomic mass is 79.9. The van der Waals surface area contributed by atoms with Crippen LogP contribution in [0.2, 0.25) is 5.02 Å². The number of hydrogen-bond donors (Lipinski definition) is 3. The third-order valence-corrected chi connectivity index (χ3v) is 5.09. The molecule has 0 unspecified atom stereocenters. The number of halogens is 2. The molecule has 8 heteroatoms. The lowest BCUT2D eigenvalue weighted by molar-refractivity contribution is -0.276. The maximum Gasteiger partial charge on any atom is 0.228 e. The number of rotatable bonds is 2. The van der Waals surface area contributed by atoms with E-state index in [1.54, 1.807) is 19.1 Å². The zero-order chi connectivity index (χ0) is 16.0. The van der Waals surface area contributed by atoms with Gasteiger partial charge >= 0.3 is 0 Å². The number of ether oxygens (including phenoxy) is 2. The molecule has 0 radical (unpaired) electrons. The number of fused-ring (bicyclic) bond motifs is 1. The lowest BCUT2D eigenvalue weighted by Crippen LogP contribution is -2.57. The molecule has 3 N–H and O–H groups in total. The van der Waals surface area contributed by atoms with E-state index in [0.717, 1.165) is 0 Å². The van der Waals surface area contributed by atoms with E-state index in [-0.39, 0.29) is 6.54 Å². The number of nitrogens with zero attached hydrogens (tertiary/aromatic N) is 1. The molecule has 6 nitrogen and oxygen atoms in total. The Morgan fingerprint density at radius 1 is 1.27 bits per heavy atom. The van der Waals surface area contributed by atoms with Crippen LogP contribution in [0.4, 0.5) is 0 Å². The molecule has 2 aliphatic heterocycles. The minimum Gasteiger partial charge on any atom is -0.464 e. The normalized spacial score (nSPS) is 34.3. The third-order valence-electron chi connectivity index (χ3n) is 3.81. The zero-order valence-electron chi connectivity index (χ0n) is 11.6. The summed E-state index contributed by atoms with van der Waals surface area (Å²) < 4.78 is 11.8. The molecule has 5 atom stereocenters. The lowest BCUT2D eigenvalue weighted by Gasteiger charge is -2.39. The van der Waals surface area contributed by atoms with Crippen LogP contribution >= 0.6 is 27.5 Å². The largest absolute Gasteiger partial charge is 0.464 e. The summed E-state index contributed by atoms with van der Waals surface area (Å²) in [5.41, 5.74) is 0. The van der Waals surface area contributed by atoms with Crippen LogP contribution in [0.5, 0.6) is 0 Å². The minimum atomic E-state index is -1.37. The molecule has 2 aliphatic rings. The molecule has 0 aliphatic carbocycles. The van der Waals surface area contributed by atoms with Crippen LogP contribution in [-0.4, -0.2) is 52.6 Å². The topological polar surface area (TPSA) is 91.5 Å². The molecule has 1 saturated heterocycles. The SMILES string of the molecule is C[C@@H]1O[C@H](OC2=c3c(Cl)c(Br)ccc3=NC2)[C@H](O)[C@@H](O)[C@@H]1O. The molecular formula is C14H15BrClNO5. The molecule has 1 fully saturated rings. The predicted molar refractivity (Wildman–Crippen MR) is 81.6 cm³/mol. The highest BCUT2D eigenvalue weighted by Crippen LogP contribution is 2.25. The van der Waals surface area contributed by atoms with Gasteiger partial charge in [0.15, 0.2) is 0 Å². The molecule has 120 valence electrons. The minimum absolute atomic E-state index is 0.269. The Hall–Kier alpha value is -0.700. The maximum atomic E-state index is 10.0. The van der Waals surface area contributed by atoms with Gasteiger partial charge < -0.3 is 24.8 Å². The monoisotopic (exact) mass is 391 g/mol. The van der Waals surface area contributed by atoms with Crippen molar-refractivity contribution in [3.8, 4) is 0 Å². The highest BCUT2D eigenvalue weighted by molar-refractivity contribution is 9.10. The molecule has 0 amide bonds. The lowest BCUT2D eigenvalue weighted by atomic mass is 10.00. The standard InChI is InChI=1S/C14H15BrClNO5/c1-5-11(18)12(19)13(20)14(21-5)22-8-4-17-7-3-2-6(15)10(16)9(7)8/h2-3,5,11-14,18-20H,4H2,1H3/t5-,11+,12-,13+,14+/m0/s1. The van der Waals surface area contributed by atoms with Gasteiger partial charge in [-0.05, 0) is 35.0 Å². The van der Waals surface area contributed by atoms with Crippen LogP contribution < -0.4 is 10.6 Å². The molecule has 0 bridgehead atoms. The molecule has 2 heterocycles. The van der Waals surface area contributed by atoms with Crippen molar-refractivity contribution in [3.63, 3.8) is 0 Å². The summed E-state index contributed by atoms with van der Waals surface area (Å²) in [5, 5.41) is 31.3. The molecule has 3 rings (SSSR count). The van der Waals surface area contributed by atoms with Crippen molar-refractivity contribution < 1.29 is 24.8 Å². The van der Waals surface area contributed by atoms with Crippen LogP contribution in [0.15, 0.2) is 21.6 Å². The molecule has 1 aromatic rings. The van der Waals surface area contributed by atoms with E-state index in [1.807, 2.05) is 0 Å². The van der Waals surface area contributed by atoms with Crippen molar-refractivity contribution in [1.82, 2.24) is 0 Å². The summed E-state index contributed by atoms with van der Waals surface area (Å²) in [7, 11) is 0. The van der Waals surface area contributed by atoms with Crippen molar-refractivity contribution >= 4 is 33.3 Å². The van der Waals surface area contributed by atoms with E-state index in [1.165, 1.54) is 0 Å². The fourth-order valence-corrected chi connectivity index (χ4v) is 3.12. The second kappa shape index (κ2) is 6.07. The maximum absolute atomic E-state index is 10.0. The molecule has 22 heavy (non-hydrogen) atoms. The van der Waals surface area contributed by atoms with Crippen LogP contribution in [-0.2, 0) is 9.47 Å². The Bertz CT molecular complexity index is 712. The predicted octanol–water partition coefficient (Wildman–Crippen LogP) is -0.312. The van der Waals surface area contributed by atoms with Crippen molar-refractivity contribution in [2.24, 2.45) is 4.99 Å². The second-order valence-electron chi connectivity index (χ2n) is 5.29. The van der Waals surface area contributed by atoms with Gasteiger partial charge in [0.25, 0.3) is 0 Å². The fourth-order valence-electron chi connectivity index (χ4n) is 2.52. The van der Waals surface area contributed by atoms with Crippen molar-refractivity contribution in [3.05, 3.63) is 32.2 Å². The quantitative estimate of drug-likeness (QED) is 0.642. The summed E-state index contributed by atoms with van der Waals surface area (Å²) in [5.74, 6) is 0.459. The summed E-state index contributed by atoms with van der Waals surface area (Å²) in [6.45, 7) is 1.86. The number of aliphatic hydroxyl groups is 3. The zero-order valence-corrected chi connectivity index (χ0v) is 14.0. The summed E-state index contributed by atoms with van der Waals surface area (Å²) in [6, 6.07) is 3.60. The molecule has 1 aromatic carbocycles. The van der Waals surface area contributed by atoms with Crippen LogP contribution in [0.1, 0.15) is 6.92 Å². The van der Waals surface area contributed by atoms with E-state index in [9.17, 15) is 15.3 Å². The fraction of sp³-hybridized carbons (Fsp3) is 0.500. The average molecular weight is 393 g/mol. The smallest absolute Gasteiger partial charge is 0.228 e. The van der Waals surface area contributed by atoms with E-state index >= 15 is 0 Å². The van der Waals surface area contributed by atoms with Crippen molar-refractivity contribution in [2.75, 3.05) is 6.54 Å². The Labute approximate surface area is 139 Å². The van der Waals surface area contributed by atoms with Crippen LogP contribution in [0.3, 0.4) is 0 Å². The van der Waals surface area contributed by atoms with Gasteiger partial charge in [-0.25, -0.2) is 0 Å². The first-order valence-corrected chi connectivity index (χ1v) is 7.95. The summed E-state index contributed by atoms with van der Waals surface area (Å²) in [6.07, 6.45) is -5.64. The summed E-state index contributed by atoms with van der Waals surface area (Å²) >= 11 is 9.61.